The third-order valence-electron chi connectivity index (χ3n) is 3.52. The monoisotopic (exact) mass is 315 g/mol. The van der Waals surface area contributed by atoms with Crippen LogP contribution in [0.4, 0.5) is 8.78 Å². The summed E-state index contributed by atoms with van der Waals surface area (Å²) in [7, 11) is 0. The highest BCUT2D eigenvalue weighted by atomic mass is 79.9. The first kappa shape index (κ1) is 11.8. The van der Waals surface area contributed by atoms with Gasteiger partial charge >= 0.3 is 0 Å². The van der Waals surface area contributed by atoms with Gasteiger partial charge in [0.1, 0.15) is 0 Å². The predicted octanol–water partition coefficient (Wildman–Crippen LogP) is 2.39. The molecule has 0 radical (unpaired) electrons. The zero-order chi connectivity index (χ0) is 13.1. The lowest BCUT2D eigenvalue weighted by Crippen LogP contribution is -2.62. The molecule has 2 aliphatic rings. The van der Waals surface area contributed by atoms with Crippen molar-refractivity contribution in [3.05, 3.63) is 33.8 Å². The number of rotatable bonds is 0. The first-order valence-electron chi connectivity index (χ1n) is 5.38. The summed E-state index contributed by atoms with van der Waals surface area (Å²) in [4.78, 5) is 23.6. The van der Waals surface area contributed by atoms with Gasteiger partial charge in [-0.2, -0.15) is 0 Å². The molecule has 1 aromatic carbocycles. The van der Waals surface area contributed by atoms with Gasteiger partial charge in [-0.05, 0) is 23.8 Å². The van der Waals surface area contributed by atoms with Crippen LogP contribution in [0.3, 0.4) is 0 Å². The van der Waals surface area contributed by atoms with E-state index in [9.17, 15) is 18.4 Å². The fourth-order valence-electron chi connectivity index (χ4n) is 2.71. The number of imide groups is 1. The minimum absolute atomic E-state index is 0.299. The Balaban J connectivity index is 2.18. The largest absolute Gasteiger partial charge is 0.292 e. The molecule has 3 rings (SSSR count). The highest BCUT2D eigenvalue weighted by molar-refractivity contribution is 9.10. The molecule has 1 fully saturated rings. The van der Waals surface area contributed by atoms with Crippen LogP contribution in [0.1, 0.15) is 28.8 Å². The van der Waals surface area contributed by atoms with Crippen molar-refractivity contribution in [1.29, 1.82) is 0 Å². The van der Waals surface area contributed by atoms with Crippen molar-refractivity contribution in [2.75, 3.05) is 0 Å². The number of hydrogen-bond donors (Lipinski definition) is 1. The summed E-state index contributed by atoms with van der Waals surface area (Å²) >= 11 is 3.23. The Morgan fingerprint density at radius 3 is 2.50 bits per heavy atom. The molecular weight excluding hydrogens is 308 g/mol. The first-order valence-corrected chi connectivity index (χ1v) is 6.17. The molecule has 1 spiro atoms. The number of carbonyl (C=O) groups excluding carboxylic acids is 2. The summed E-state index contributed by atoms with van der Waals surface area (Å²) in [6.07, 6.45) is -1.08. The Bertz CT molecular complexity index is 577. The quantitative estimate of drug-likeness (QED) is 0.747. The molecule has 2 amide bonds. The van der Waals surface area contributed by atoms with Crippen LogP contribution in [0.15, 0.2) is 22.7 Å². The van der Waals surface area contributed by atoms with Crippen molar-refractivity contribution >= 4 is 27.7 Å². The van der Waals surface area contributed by atoms with Gasteiger partial charge in [0.05, 0.1) is 5.41 Å². The molecule has 0 atom stereocenters. The van der Waals surface area contributed by atoms with Gasteiger partial charge in [0.15, 0.2) is 0 Å². The standard InChI is InChI=1S/C12H8BrF2NO2/c13-6-1-2-7-8(3-6)11(4-12(14,15)5-11)10(18)16-9(7)17/h1-3H,4-5H2,(H,16,17,18). The second-order valence-corrected chi connectivity index (χ2v) is 5.68. The van der Waals surface area contributed by atoms with Crippen LogP contribution < -0.4 is 5.32 Å². The number of fused-ring (bicyclic) bond motifs is 2. The van der Waals surface area contributed by atoms with Crippen LogP contribution in [0, 0.1) is 0 Å². The zero-order valence-corrected chi connectivity index (χ0v) is 10.7. The van der Waals surface area contributed by atoms with Gasteiger partial charge in [0.2, 0.25) is 5.91 Å². The topological polar surface area (TPSA) is 46.2 Å². The van der Waals surface area contributed by atoms with Crippen molar-refractivity contribution in [3.8, 4) is 0 Å². The molecule has 1 heterocycles. The van der Waals surface area contributed by atoms with E-state index in [1.165, 1.54) is 0 Å². The Hall–Kier alpha value is -1.30. The van der Waals surface area contributed by atoms with Gasteiger partial charge in [-0.1, -0.05) is 15.9 Å². The maximum atomic E-state index is 13.2. The summed E-state index contributed by atoms with van der Waals surface area (Å²) in [6.45, 7) is 0. The molecule has 0 aromatic heterocycles. The minimum atomic E-state index is -2.84. The average molecular weight is 316 g/mol. The Labute approximate surface area is 110 Å². The molecule has 1 N–H and O–H groups in total. The summed E-state index contributed by atoms with van der Waals surface area (Å²) < 4.78 is 27.0. The molecule has 3 nitrogen and oxygen atoms in total. The van der Waals surface area contributed by atoms with Crippen LogP contribution in [-0.4, -0.2) is 17.7 Å². The molecule has 1 saturated carbocycles. The normalized spacial score (nSPS) is 23.3. The van der Waals surface area contributed by atoms with Crippen LogP contribution in [0.5, 0.6) is 0 Å². The minimum Gasteiger partial charge on any atom is -0.292 e. The van der Waals surface area contributed by atoms with E-state index in [1.54, 1.807) is 18.2 Å². The third kappa shape index (κ3) is 1.44. The molecule has 94 valence electrons. The SMILES string of the molecule is O=C1NC(=O)C2(CC(F)(F)C2)c2cc(Br)ccc21. The second-order valence-electron chi connectivity index (χ2n) is 4.76. The van der Waals surface area contributed by atoms with E-state index in [0.29, 0.717) is 15.6 Å². The van der Waals surface area contributed by atoms with Crippen LogP contribution >= 0.6 is 15.9 Å². The van der Waals surface area contributed by atoms with Crippen molar-refractivity contribution < 1.29 is 18.4 Å². The van der Waals surface area contributed by atoms with Gasteiger partial charge in [-0.3, -0.25) is 14.9 Å². The molecule has 1 aromatic rings. The number of carbonyl (C=O) groups is 2. The van der Waals surface area contributed by atoms with E-state index in [0.717, 1.165) is 0 Å². The highest BCUT2D eigenvalue weighted by Crippen LogP contribution is 2.55. The van der Waals surface area contributed by atoms with E-state index in [1.807, 2.05) is 0 Å². The molecule has 0 bridgehead atoms. The molecule has 0 saturated heterocycles. The Kier molecular flexibility index (Phi) is 2.21. The summed E-state index contributed by atoms with van der Waals surface area (Å²) in [5.74, 6) is -3.98. The summed E-state index contributed by atoms with van der Waals surface area (Å²) in [6, 6.07) is 4.78. The number of halogens is 3. The lowest BCUT2D eigenvalue weighted by molar-refractivity contribution is -0.158. The molecular formula is C12H8BrF2NO2. The summed E-state index contributed by atoms with van der Waals surface area (Å²) in [5.41, 5.74) is -0.555. The molecule has 0 unspecified atom stereocenters. The van der Waals surface area contributed by atoms with E-state index >= 15 is 0 Å². The van der Waals surface area contributed by atoms with Gasteiger partial charge in [0, 0.05) is 22.9 Å². The van der Waals surface area contributed by atoms with E-state index in [-0.39, 0.29) is 0 Å². The zero-order valence-electron chi connectivity index (χ0n) is 9.10. The Morgan fingerprint density at radius 2 is 1.89 bits per heavy atom. The van der Waals surface area contributed by atoms with Crippen molar-refractivity contribution in [1.82, 2.24) is 5.32 Å². The van der Waals surface area contributed by atoms with Gasteiger partial charge in [0.25, 0.3) is 11.8 Å². The smallest absolute Gasteiger partial charge is 0.258 e. The van der Waals surface area contributed by atoms with Crippen LogP contribution in [-0.2, 0) is 10.2 Å². The van der Waals surface area contributed by atoms with E-state index < -0.39 is 36.0 Å². The maximum absolute atomic E-state index is 13.2. The van der Waals surface area contributed by atoms with Crippen molar-refractivity contribution in [3.63, 3.8) is 0 Å². The Morgan fingerprint density at radius 1 is 1.22 bits per heavy atom. The lowest BCUT2D eigenvalue weighted by atomic mass is 9.59. The first-order chi connectivity index (χ1) is 8.34. The van der Waals surface area contributed by atoms with Crippen LogP contribution in [0.25, 0.3) is 0 Å². The predicted molar refractivity (Wildman–Crippen MR) is 62.5 cm³/mol. The van der Waals surface area contributed by atoms with Crippen LogP contribution in [0.2, 0.25) is 0 Å². The van der Waals surface area contributed by atoms with Crippen molar-refractivity contribution in [2.24, 2.45) is 0 Å². The molecule has 18 heavy (non-hydrogen) atoms. The van der Waals surface area contributed by atoms with E-state index in [4.69, 9.17) is 0 Å². The van der Waals surface area contributed by atoms with Gasteiger partial charge in [-0.25, -0.2) is 8.78 Å². The summed E-state index contributed by atoms with van der Waals surface area (Å²) in [5, 5.41) is 2.16. The molecule has 1 aliphatic heterocycles. The van der Waals surface area contributed by atoms with Gasteiger partial charge in [-0.15, -0.1) is 0 Å². The fraction of sp³-hybridized carbons (Fsp3) is 0.333. The molecule has 1 aliphatic carbocycles. The fourth-order valence-corrected chi connectivity index (χ4v) is 3.07. The number of nitrogens with one attached hydrogen (secondary N) is 1. The number of amides is 2. The third-order valence-corrected chi connectivity index (χ3v) is 4.02. The highest BCUT2D eigenvalue weighted by Gasteiger charge is 2.64. The lowest BCUT2D eigenvalue weighted by Gasteiger charge is -2.48. The van der Waals surface area contributed by atoms with Crippen molar-refractivity contribution in [2.45, 2.75) is 24.2 Å². The maximum Gasteiger partial charge on any atom is 0.258 e. The molecule has 6 heteroatoms. The number of alkyl halides is 2. The average Bonchev–Trinajstić information content (AvgIpc) is 2.23. The van der Waals surface area contributed by atoms with Gasteiger partial charge < -0.3 is 0 Å². The van der Waals surface area contributed by atoms with E-state index in [2.05, 4.69) is 21.2 Å². The number of hydrogen-bond acceptors (Lipinski definition) is 2. The number of benzene rings is 1. The second kappa shape index (κ2) is 3.38.